The van der Waals surface area contributed by atoms with Gasteiger partial charge in [-0.05, 0) is 37.1 Å². The van der Waals surface area contributed by atoms with Crippen molar-refractivity contribution in [2.45, 2.75) is 23.8 Å². The first-order valence-corrected chi connectivity index (χ1v) is 7.41. The molecule has 2 rings (SSSR count). The van der Waals surface area contributed by atoms with Crippen LogP contribution in [0.4, 0.5) is 0 Å². The van der Waals surface area contributed by atoms with Crippen LogP contribution >= 0.6 is 23.4 Å². The van der Waals surface area contributed by atoms with E-state index in [1.54, 1.807) is 0 Å². The molecule has 4 heteroatoms. The minimum atomic E-state index is 0.440. The maximum absolute atomic E-state index is 5.83. The van der Waals surface area contributed by atoms with Crippen molar-refractivity contribution in [3.8, 4) is 0 Å². The average Bonchev–Trinajstić information content (AvgIpc) is 2.84. The predicted octanol–water partition coefficient (Wildman–Crippen LogP) is 3.20. The Hall–Kier alpha value is -0.220. The SMILES string of the molecule is Clc1ccc(SCCNCC2CCCO2)cc1. The first kappa shape index (κ1) is 13.2. The van der Waals surface area contributed by atoms with Gasteiger partial charge < -0.3 is 10.1 Å². The van der Waals surface area contributed by atoms with Crippen molar-refractivity contribution >= 4 is 23.4 Å². The molecule has 1 aromatic rings. The zero-order valence-electron chi connectivity index (χ0n) is 9.82. The van der Waals surface area contributed by atoms with Crippen LogP contribution in [-0.4, -0.2) is 31.6 Å². The molecule has 1 aliphatic rings. The van der Waals surface area contributed by atoms with E-state index in [1.165, 1.54) is 17.7 Å². The number of halogens is 1. The van der Waals surface area contributed by atoms with E-state index in [0.717, 1.165) is 30.5 Å². The third kappa shape index (κ3) is 4.88. The number of hydrogen-bond donors (Lipinski definition) is 1. The van der Waals surface area contributed by atoms with E-state index in [2.05, 4.69) is 17.4 Å². The quantitative estimate of drug-likeness (QED) is 0.634. The Balaban J connectivity index is 1.55. The molecule has 2 nitrogen and oxygen atoms in total. The smallest absolute Gasteiger partial charge is 0.0700 e. The Bertz CT molecular complexity index is 325. The van der Waals surface area contributed by atoms with Gasteiger partial charge in [-0.1, -0.05) is 11.6 Å². The molecule has 1 atom stereocenters. The van der Waals surface area contributed by atoms with E-state index in [9.17, 15) is 0 Å². The van der Waals surface area contributed by atoms with Gasteiger partial charge in [0.2, 0.25) is 0 Å². The molecule has 94 valence electrons. The summed E-state index contributed by atoms with van der Waals surface area (Å²) < 4.78 is 5.55. The molecule has 1 N–H and O–H groups in total. The second-order valence-electron chi connectivity index (χ2n) is 4.14. The standard InChI is InChI=1S/C13H18ClNOS/c14-11-3-5-13(6-4-11)17-9-7-15-10-12-2-1-8-16-12/h3-6,12,15H,1-2,7-10H2. The fraction of sp³-hybridized carbons (Fsp3) is 0.538. The molecule has 0 aliphatic carbocycles. The van der Waals surface area contributed by atoms with Gasteiger partial charge in [0.1, 0.15) is 0 Å². The third-order valence-electron chi connectivity index (χ3n) is 2.76. The number of ether oxygens (including phenoxy) is 1. The number of thioether (sulfide) groups is 1. The molecule has 0 saturated carbocycles. The molecule has 0 bridgehead atoms. The van der Waals surface area contributed by atoms with Crippen LogP contribution in [-0.2, 0) is 4.74 Å². The van der Waals surface area contributed by atoms with Gasteiger partial charge in [0, 0.05) is 35.4 Å². The zero-order chi connectivity index (χ0) is 11.9. The molecular formula is C13H18ClNOS. The summed E-state index contributed by atoms with van der Waals surface area (Å²) in [6.07, 6.45) is 2.86. The minimum absolute atomic E-state index is 0.440. The highest BCUT2D eigenvalue weighted by Gasteiger charge is 2.13. The highest BCUT2D eigenvalue weighted by Crippen LogP contribution is 2.19. The zero-order valence-corrected chi connectivity index (χ0v) is 11.4. The van der Waals surface area contributed by atoms with Gasteiger partial charge >= 0.3 is 0 Å². The summed E-state index contributed by atoms with van der Waals surface area (Å²) in [5.74, 6) is 1.08. The summed E-state index contributed by atoms with van der Waals surface area (Å²) in [5.41, 5.74) is 0. The van der Waals surface area contributed by atoms with Crippen LogP contribution in [0, 0.1) is 0 Å². The second-order valence-corrected chi connectivity index (χ2v) is 5.75. The molecular weight excluding hydrogens is 254 g/mol. The van der Waals surface area contributed by atoms with Crippen molar-refractivity contribution in [1.29, 1.82) is 0 Å². The molecule has 0 radical (unpaired) electrons. The molecule has 1 aromatic carbocycles. The summed E-state index contributed by atoms with van der Waals surface area (Å²) in [6.45, 7) is 2.94. The average molecular weight is 272 g/mol. The normalized spacial score (nSPS) is 19.7. The number of rotatable bonds is 6. The monoisotopic (exact) mass is 271 g/mol. The Kier molecular flexibility index (Phi) is 5.65. The van der Waals surface area contributed by atoms with Gasteiger partial charge in [-0.25, -0.2) is 0 Å². The van der Waals surface area contributed by atoms with Crippen molar-refractivity contribution < 1.29 is 4.74 Å². The lowest BCUT2D eigenvalue weighted by atomic mass is 10.2. The lowest BCUT2D eigenvalue weighted by Crippen LogP contribution is -2.27. The van der Waals surface area contributed by atoms with Crippen LogP contribution in [0.25, 0.3) is 0 Å². The molecule has 17 heavy (non-hydrogen) atoms. The third-order valence-corrected chi connectivity index (χ3v) is 4.02. The van der Waals surface area contributed by atoms with E-state index in [4.69, 9.17) is 16.3 Å². The fourth-order valence-electron chi connectivity index (χ4n) is 1.84. The minimum Gasteiger partial charge on any atom is -0.377 e. The van der Waals surface area contributed by atoms with Gasteiger partial charge in [0.05, 0.1) is 6.10 Å². The predicted molar refractivity (Wildman–Crippen MR) is 74.0 cm³/mol. The molecule has 1 fully saturated rings. The topological polar surface area (TPSA) is 21.3 Å². The summed E-state index contributed by atoms with van der Waals surface area (Å²) in [7, 11) is 0. The van der Waals surface area contributed by atoms with Crippen molar-refractivity contribution in [1.82, 2.24) is 5.32 Å². The lowest BCUT2D eigenvalue weighted by Gasteiger charge is -2.10. The number of hydrogen-bond acceptors (Lipinski definition) is 3. The highest BCUT2D eigenvalue weighted by molar-refractivity contribution is 7.99. The molecule has 1 saturated heterocycles. The van der Waals surface area contributed by atoms with Gasteiger partial charge in [-0.15, -0.1) is 11.8 Å². The molecule has 1 aliphatic heterocycles. The Morgan fingerprint density at radius 1 is 1.35 bits per heavy atom. The van der Waals surface area contributed by atoms with E-state index in [0.29, 0.717) is 6.10 Å². The summed E-state index contributed by atoms with van der Waals surface area (Å²) in [4.78, 5) is 1.27. The fourth-order valence-corrected chi connectivity index (χ4v) is 2.78. The molecule has 0 spiro atoms. The number of benzene rings is 1. The van der Waals surface area contributed by atoms with E-state index >= 15 is 0 Å². The summed E-state index contributed by atoms with van der Waals surface area (Å²) in [6, 6.07) is 7.99. The van der Waals surface area contributed by atoms with Crippen molar-refractivity contribution in [3.63, 3.8) is 0 Å². The van der Waals surface area contributed by atoms with Gasteiger partial charge in [-0.2, -0.15) is 0 Å². The summed E-state index contributed by atoms with van der Waals surface area (Å²) >= 11 is 7.68. The van der Waals surface area contributed by atoms with E-state index in [-0.39, 0.29) is 0 Å². The summed E-state index contributed by atoms with van der Waals surface area (Å²) in [5, 5.41) is 4.23. The van der Waals surface area contributed by atoms with Crippen LogP contribution < -0.4 is 5.32 Å². The first-order valence-electron chi connectivity index (χ1n) is 6.05. The van der Waals surface area contributed by atoms with Crippen molar-refractivity contribution in [2.24, 2.45) is 0 Å². The first-order chi connectivity index (χ1) is 8.34. The van der Waals surface area contributed by atoms with E-state index < -0.39 is 0 Å². The lowest BCUT2D eigenvalue weighted by molar-refractivity contribution is 0.110. The molecule has 0 amide bonds. The second kappa shape index (κ2) is 7.27. The molecule has 0 aromatic heterocycles. The maximum atomic E-state index is 5.83. The van der Waals surface area contributed by atoms with Crippen LogP contribution in [0.15, 0.2) is 29.2 Å². The van der Waals surface area contributed by atoms with Gasteiger partial charge in [0.15, 0.2) is 0 Å². The highest BCUT2D eigenvalue weighted by atomic mass is 35.5. The Morgan fingerprint density at radius 2 is 2.18 bits per heavy atom. The van der Waals surface area contributed by atoms with Crippen molar-refractivity contribution in [3.05, 3.63) is 29.3 Å². The van der Waals surface area contributed by atoms with E-state index in [1.807, 2.05) is 23.9 Å². The molecule has 1 unspecified atom stereocenters. The Labute approximate surface area is 112 Å². The largest absolute Gasteiger partial charge is 0.377 e. The van der Waals surface area contributed by atoms with Crippen LogP contribution in [0.3, 0.4) is 0 Å². The van der Waals surface area contributed by atoms with Crippen LogP contribution in [0.5, 0.6) is 0 Å². The van der Waals surface area contributed by atoms with Crippen LogP contribution in [0.2, 0.25) is 5.02 Å². The van der Waals surface area contributed by atoms with Gasteiger partial charge in [0.25, 0.3) is 0 Å². The molecule has 1 heterocycles. The van der Waals surface area contributed by atoms with Crippen LogP contribution in [0.1, 0.15) is 12.8 Å². The Morgan fingerprint density at radius 3 is 2.88 bits per heavy atom. The number of nitrogens with one attached hydrogen (secondary N) is 1. The van der Waals surface area contributed by atoms with Gasteiger partial charge in [-0.3, -0.25) is 0 Å². The van der Waals surface area contributed by atoms with Crippen molar-refractivity contribution in [2.75, 3.05) is 25.4 Å². The maximum Gasteiger partial charge on any atom is 0.0700 e.